The lowest BCUT2D eigenvalue weighted by Crippen LogP contribution is -2.46. The van der Waals surface area contributed by atoms with Gasteiger partial charge in [-0.15, -0.1) is 0 Å². The normalized spacial score (nSPS) is 22.5. The zero-order valence-electron chi connectivity index (χ0n) is 10.0. The van der Waals surface area contributed by atoms with Crippen molar-refractivity contribution in [3.05, 3.63) is 23.8 Å². The molecule has 2 aliphatic rings. The molecular formula is C13H14N2O3. The Morgan fingerprint density at radius 2 is 2.17 bits per heavy atom. The van der Waals surface area contributed by atoms with Crippen molar-refractivity contribution in [1.29, 1.82) is 0 Å². The van der Waals surface area contributed by atoms with Crippen molar-refractivity contribution in [3.63, 3.8) is 0 Å². The van der Waals surface area contributed by atoms with Crippen LogP contribution in [0.2, 0.25) is 0 Å². The number of hydrogen-bond acceptors (Lipinski definition) is 4. The Hall–Kier alpha value is -1.88. The van der Waals surface area contributed by atoms with Crippen molar-refractivity contribution < 1.29 is 14.3 Å². The maximum atomic E-state index is 12.1. The van der Waals surface area contributed by atoms with Gasteiger partial charge < -0.3 is 15.4 Å². The summed E-state index contributed by atoms with van der Waals surface area (Å²) in [6, 6.07) is 5.19. The van der Waals surface area contributed by atoms with E-state index >= 15 is 0 Å². The predicted molar refractivity (Wildman–Crippen MR) is 65.9 cm³/mol. The van der Waals surface area contributed by atoms with Crippen molar-refractivity contribution in [1.82, 2.24) is 5.32 Å². The van der Waals surface area contributed by atoms with E-state index < -0.39 is 6.10 Å². The number of rotatable bonds is 2. The Balaban J connectivity index is 1.88. The summed E-state index contributed by atoms with van der Waals surface area (Å²) in [6.07, 6.45) is -0.491. The van der Waals surface area contributed by atoms with Crippen molar-refractivity contribution in [2.75, 3.05) is 18.4 Å². The molecule has 1 unspecified atom stereocenters. The topological polar surface area (TPSA) is 67.4 Å². The number of carbonyl (C=O) groups excluding carboxylic acids is 2. The lowest BCUT2D eigenvalue weighted by molar-refractivity contribution is -0.122. The highest BCUT2D eigenvalue weighted by atomic mass is 16.5. The monoisotopic (exact) mass is 246 g/mol. The Bertz CT molecular complexity index is 523. The molecule has 0 bridgehead atoms. The molecule has 0 spiro atoms. The van der Waals surface area contributed by atoms with E-state index in [9.17, 15) is 9.59 Å². The van der Waals surface area contributed by atoms with Crippen LogP contribution < -0.4 is 15.4 Å². The lowest BCUT2D eigenvalue weighted by atomic mass is 9.92. The molecule has 1 aromatic rings. The molecule has 2 aliphatic heterocycles. The number of nitrogens with one attached hydrogen (secondary N) is 2. The smallest absolute Gasteiger partial charge is 0.265 e. The minimum absolute atomic E-state index is 0.0576. The molecule has 1 amide bonds. The van der Waals surface area contributed by atoms with Gasteiger partial charge in [-0.25, -0.2) is 0 Å². The van der Waals surface area contributed by atoms with Crippen LogP contribution in [0.1, 0.15) is 17.3 Å². The summed E-state index contributed by atoms with van der Waals surface area (Å²) in [6.45, 7) is 3.16. The van der Waals surface area contributed by atoms with Gasteiger partial charge in [0.05, 0.1) is 5.69 Å². The number of anilines is 1. The fourth-order valence-corrected chi connectivity index (χ4v) is 2.07. The molecule has 1 saturated heterocycles. The minimum Gasteiger partial charge on any atom is -0.479 e. The van der Waals surface area contributed by atoms with E-state index in [2.05, 4.69) is 10.6 Å². The second-order valence-corrected chi connectivity index (χ2v) is 4.68. The first kappa shape index (κ1) is 11.2. The van der Waals surface area contributed by atoms with Gasteiger partial charge in [0.25, 0.3) is 5.91 Å². The molecule has 1 fully saturated rings. The molecule has 2 N–H and O–H groups in total. The van der Waals surface area contributed by atoms with Crippen molar-refractivity contribution in [2.24, 2.45) is 5.92 Å². The Morgan fingerprint density at radius 3 is 2.83 bits per heavy atom. The Morgan fingerprint density at radius 1 is 1.39 bits per heavy atom. The van der Waals surface area contributed by atoms with E-state index in [1.807, 2.05) is 0 Å². The van der Waals surface area contributed by atoms with Crippen molar-refractivity contribution in [3.8, 4) is 5.75 Å². The molecule has 0 aromatic heterocycles. The largest absolute Gasteiger partial charge is 0.479 e. The van der Waals surface area contributed by atoms with Gasteiger partial charge in [0.1, 0.15) is 5.75 Å². The van der Waals surface area contributed by atoms with Gasteiger partial charge in [-0.05, 0) is 25.1 Å². The van der Waals surface area contributed by atoms with Crippen LogP contribution in [-0.4, -0.2) is 30.9 Å². The molecule has 0 aliphatic carbocycles. The summed E-state index contributed by atoms with van der Waals surface area (Å²) in [4.78, 5) is 23.6. The van der Waals surface area contributed by atoms with Gasteiger partial charge in [-0.2, -0.15) is 0 Å². The molecule has 2 heterocycles. The van der Waals surface area contributed by atoms with Gasteiger partial charge in [0.2, 0.25) is 0 Å². The standard InChI is InChI=1S/C13H14N2O3/c1-7-13(17)15-10-4-8(2-3-11(10)18-7)12(16)9-5-14-6-9/h2-4,7,9,14H,5-6H2,1H3,(H,15,17). The first-order valence-electron chi connectivity index (χ1n) is 6.01. The summed E-state index contributed by atoms with van der Waals surface area (Å²) < 4.78 is 5.44. The van der Waals surface area contributed by atoms with E-state index in [1.54, 1.807) is 25.1 Å². The summed E-state index contributed by atoms with van der Waals surface area (Å²) in [5.74, 6) is 0.606. The average Bonchev–Trinajstić information content (AvgIpc) is 2.27. The number of benzene rings is 1. The molecule has 1 atom stereocenters. The van der Waals surface area contributed by atoms with Crippen LogP contribution >= 0.6 is 0 Å². The molecule has 3 rings (SSSR count). The Kier molecular flexibility index (Phi) is 2.56. The maximum Gasteiger partial charge on any atom is 0.265 e. The zero-order chi connectivity index (χ0) is 12.7. The van der Waals surface area contributed by atoms with E-state index in [1.165, 1.54) is 0 Å². The summed E-state index contributed by atoms with van der Waals surface area (Å²) in [5, 5.41) is 5.82. The predicted octanol–water partition coefficient (Wildman–Crippen LogP) is 0.808. The number of ketones is 1. The Labute approximate surface area is 105 Å². The summed E-state index contributed by atoms with van der Waals surface area (Å²) in [5.41, 5.74) is 1.20. The van der Waals surface area contributed by atoms with Crippen LogP contribution in [-0.2, 0) is 4.79 Å². The molecule has 1 aromatic carbocycles. The van der Waals surface area contributed by atoms with E-state index in [0.29, 0.717) is 17.0 Å². The van der Waals surface area contributed by atoms with Gasteiger partial charge in [-0.1, -0.05) is 0 Å². The molecule has 5 nitrogen and oxygen atoms in total. The number of Topliss-reactive ketones (excluding diaryl/α,β-unsaturated/α-hetero) is 1. The number of carbonyl (C=O) groups is 2. The van der Waals surface area contributed by atoms with Crippen LogP contribution in [0, 0.1) is 5.92 Å². The fourth-order valence-electron chi connectivity index (χ4n) is 2.07. The second kappa shape index (κ2) is 4.10. The number of ether oxygens (including phenoxy) is 1. The van der Waals surface area contributed by atoms with Gasteiger partial charge in [0, 0.05) is 24.6 Å². The number of amides is 1. The lowest BCUT2D eigenvalue weighted by Gasteiger charge is -2.27. The first-order chi connectivity index (χ1) is 8.65. The van der Waals surface area contributed by atoms with Crippen molar-refractivity contribution >= 4 is 17.4 Å². The fraction of sp³-hybridized carbons (Fsp3) is 0.385. The van der Waals surface area contributed by atoms with Crippen LogP contribution in [0.4, 0.5) is 5.69 Å². The highest BCUT2D eigenvalue weighted by Crippen LogP contribution is 2.31. The molecule has 18 heavy (non-hydrogen) atoms. The molecular weight excluding hydrogens is 232 g/mol. The third-order valence-corrected chi connectivity index (χ3v) is 3.35. The first-order valence-corrected chi connectivity index (χ1v) is 6.01. The van der Waals surface area contributed by atoms with Crippen LogP contribution in [0.25, 0.3) is 0 Å². The summed E-state index contributed by atoms with van der Waals surface area (Å²) >= 11 is 0. The van der Waals surface area contributed by atoms with Crippen LogP contribution in [0.5, 0.6) is 5.75 Å². The SMILES string of the molecule is CC1Oc2ccc(C(=O)C3CNC3)cc2NC1=O. The second-order valence-electron chi connectivity index (χ2n) is 4.68. The van der Waals surface area contributed by atoms with Crippen molar-refractivity contribution in [2.45, 2.75) is 13.0 Å². The summed E-state index contributed by atoms with van der Waals surface area (Å²) in [7, 11) is 0. The van der Waals surface area contributed by atoms with Gasteiger partial charge >= 0.3 is 0 Å². The van der Waals surface area contributed by atoms with Crippen LogP contribution in [0.15, 0.2) is 18.2 Å². The quantitative estimate of drug-likeness (QED) is 0.758. The van der Waals surface area contributed by atoms with Crippen LogP contribution in [0.3, 0.4) is 0 Å². The maximum absolute atomic E-state index is 12.1. The molecule has 0 saturated carbocycles. The molecule has 0 radical (unpaired) electrons. The van der Waals surface area contributed by atoms with E-state index in [0.717, 1.165) is 13.1 Å². The third kappa shape index (κ3) is 1.76. The van der Waals surface area contributed by atoms with E-state index in [4.69, 9.17) is 4.74 Å². The number of fused-ring (bicyclic) bond motifs is 1. The molecule has 5 heteroatoms. The highest BCUT2D eigenvalue weighted by Gasteiger charge is 2.28. The van der Waals surface area contributed by atoms with Gasteiger partial charge in [0.15, 0.2) is 11.9 Å². The molecule has 94 valence electrons. The highest BCUT2D eigenvalue weighted by molar-refractivity contribution is 6.02. The average molecular weight is 246 g/mol. The third-order valence-electron chi connectivity index (χ3n) is 3.35. The minimum atomic E-state index is -0.491. The van der Waals surface area contributed by atoms with Gasteiger partial charge in [-0.3, -0.25) is 9.59 Å². The van der Waals surface area contributed by atoms with E-state index in [-0.39, 0.29) is 17.6 Å². The zero-order valence-corrected chi connectivity index (χ0v) is 10.0. The number of hydrogen-bond donors (Lipinski definition) is 2.